The lowest BCUT2D eigenvalue weighted by Gasteiger charge is -2.16. The van der Waals surface area contributed by atoms with Crippen LogP contribution in [0.1, 0.15) is 10.4 Å². The highest BCUT2D eigenvalue weighted by Crippen LogP contribution is 2.22. The van der Waals surface area contributed by atoms with Crippen molar-refractivity contribution < 1.29 is 4.79 Å². The average molecular weight is 314 g/mol. The van der Waals surface area contributed by atoms with Crippen LogP contribution in [0.15, 0.2) is 36.4 Å². The van der Waals surface area contributed by atoms with Crippen molar-refractivity contribution >= 4 is 40.4 Å². The Balaban J connectivity index is 1.94. The number of hydrogen-bond acceptors (Lipinski definition) is 2. The largest absolute Gasteiger partial charge is 0.340 e. The number of carbonyl (C=O) groups is 1. The van der Waals surface area contributed by atoms with Crippen LogP contribution < -0.4 is 0 Å². The van der Waals surface area contributed by atoms with Crippen molar-refractivity contribution in [1.82, 2.24) is 4.90 Å². The van der Waals surface area contributed by atoms with E-state index < -0.39 is 0 Å². The maximum atomic E-state index is 12.1. The fraction of sp³-hybridized carbons (Fsp3) is 0.214. The summed E-state index contributed by atoms with van der Waals surface area (Å²) >= 11 is 13.2. The molecule has 5 heteroatoms. The number of benzene rings is 1. The molecule has 0 radical (unpaired) electrons. The molecule has 0 unspecified atom stereocenters. The Hall–Kier alpha value is -1.03. The standard InChI is InChI=1S/C14H13Cl2NOS/c1-17(9-12-6-7-13(16)19-12)14(18)8-10-2-4-11(15)5-3-10/h2-7H,8-9H2,1H3. The van der Waals surface area contributed by atoms with Crippen molar-refractivity contribution in [2.45, 2.75) is 13.0 Å². The van der Waals surface area contributed by atoms with Crippen molar-refractivity contribution in [2.75, 3.05) is 7.05 Å². The monoisotopic (exact) mass is 313 g/mol. The summed E-state index contributed by atoms with van der Waals surface area (Å²) in [6, 6.07) is 11.1. The van der Waals surface area contributed by atoms with Gasteiger partial charge in [-0.2, -0.15) is 0 Å². The molecule has 1 amide bonds. The van der Waals surface area contributed by atoms with Crippen LogP contribution >= 0.6 is 34.5 Å². The van der Waals surface area contributed by atoms with E-state index in [0.29, 0.717) is 18.0 Å². The fourth-order valence-electron chi connectivity index (χ4n) is 1.67. The molecule has 2 nitrogen and oxygen atoms in total. The van der Waals surface area contributed by atoms with Gasteiger partial charge in [-0.1, -0.05) is 35.3 Å². The molecule has 1 aromatic carbocycles. The van der Waals surface area contributed by atoms with Crippen molar-refractivity contribution in [1.29, 1.82) is 0 Å². The van der Waals surface area contributed by atoms with Crippen LogP contribution in [0, 0.1) is 0 Å². The molecule has 19 heavy (non-hydrogen) atoms. The number of nitrogens with zero attached hydrogens (tertiary/aromatic N) is 1. The van der Waals surface area contributed by atoms with Crippen LogP contribution in [0.2, 0.25) is 9.36 Å². The summed E-state index contributed by atoms with van der Waals surface area (Å²) in [5.74, 6) is 0.0758. The summed E-state index contributed by atoms with van der Waals surface area (Å²) in [4.78, 5) is 14.9. The van der Waals surface area contributed by atoms with Crippen LogP contribution in [-0.4, -0.2) is 17.9 Å². The molecular formula is C14H13Cl2NOS. The average Bonchev–Trinajstić information content (AvgIpc) is 2.77. The van der Waals surface area contributed by atoms with E-state index in [1.54, 1.807) is 24.1 Å². The zero-order valence-corrected chi connectivity index (χ0v) is 12.7. The van der Waals surface area contributed by atoms with Crippen LogP contribution in [0.25, 0.3) is 0 Å². The first kappa shape index (κ1) is 14.4. The molecule has 2 rings (SSSR count). The van der Waals surface area contributed by atoms with E-state index >= 15 is 0 Å². The topological polar surface area (TPSA) is 20.3 Å². The lowest BCUT2D eigenvalue weighted by Crippen LogP contribution is -2.27. The number of carbonyl (C=O) groups excluding carboxylic acids is 1. The van der Waals surface area contributed by atoms with E-state index in [1.165, 1.54) is 11.3 Å². The highest BCUT2D eigenvalue weighted by atomic mass is 35.5. The first-order valence-corrected chi connectivity index (χ1v) is 7.34. The van der Waals surface area contributed by atoms with Gasteiger partial charge in [0.1, 0.15) is 0 Å². The van der Waals surface area contributed by atoms with Crippen LogP contribution in [-0.2, 0) is 17.8 Å². The second-order valence-corrected chi connectivity index (χ2v) is 6.49. The molecule has 0 bridgehead atoms. The third kappa shape index (κ3) is 4.23. The molecule has 2 aromatic rings. The number of rotatable bonds is 4. The normalized spacial score (nSPS) is 10.5. The molecule has 0 atom stereocenters. The Kier molecular flexibility index (Phi) is 4.86. The zero-order valence-electron chi connectivity index (χ0n) is 10.4. The molecule has 0 spiro atoms. The third-order valence-electron chi connectivity index (χ3n) is 2.72. The van der Waals surface area contributed by atoms with Crippen molar-refractivity contribution in [3.63, 3.8) is 0 Å². The van der Waals surface area contributed by atoms with Crippen LogP contribution in [0.5, 0.6) is 0 Å². The minimum Gasteiger partial charge on any atom is -0.340 e. The SMILES string of the molecule is CN(Cc1ccc(Cl)s1)C(=O)Cc1ccc(Cl)cc1. The minimum atomic E-state index is 0.0758. The van der Waals surface area contributed by atoms with E-state index in [4.69, 9.17) is 23.2 Å². The lowest BCUT2D eigenvalue weighted by molar-refractivity contribution is -0.129. The summed E-state index contributed by atoms with van der Waals surface area (Å²) in [7, 11) is 1.80. The van der Waals surface area contributed by atoms with E-state index in [-0.39, 0.29) is 5.91 Å². The van der Waals surface area contributed by atoms with Gasteiger partial charge in [0.15, 0.2) is 0 Å². The van der Waals surface area contributed by atoms with Gasteiger partial charge in [0.2, 0.25) is 5.91 Å². The second kappa shape index (κ2) is 6.42. The number of thiophene rings is 1. The summed E-state index contributed by atoms with van der Waals surface area (Å²) in [6.45, 7) is 0.587. The van der Waals surface area contributed by atoms with Gasteiger partial charge in [-0.3, -0.25) is 4.79 Å². The maximum Gasteiger partial charge on any atom is 0.227 e. The molecule has 0 N–H and O–H groups in total. The minimum absolute atomic E-state index is 0.0758. The number of hydrogen-bond donors (Lipinski definition) is 0. The molecule has 0 aliphatic carbocycles. The van der Waals surface area contributed by atoms with Gasteiger partial charge >= 0.3 is 0 Å². The number of amides is 1. The first-order valence-electron chi connectivity index (χ1n) is 5.77. The predicted octanol–water partition coefficient (Wildman–Crippen LogP) is 4.26. The van der Waals surface area contributed by atoms with Gasteiger partial charge in [-0.05, 0) is 29.8 Å². The summed E-state index contributed by atoms with van der Waals surface area (Å²) in [6.07, 6.45) is 0.382. The third-order valence-corrected chi connectivity index (χ3v) is 4.18. The smallest absolute Gasteiger partial charge is 0.227 e. The highest BCUT2D eigenvalue weighted by molar-refractivity contribution is 7.16. The van der Waals surface area contributed by atoms with E-state index in [9.17, 15) is 4.79 Å². The molecule has 100 valence electrons. The number of halogens is 2. The molecule has 0 saturated carbocycles. The molecule has 1 aromatic heterocycles. The molecule has 0 aliphatic rings. The highest BCUT2D eigenvalue weighted by Gasteiger charge is 2.11. The lowest BCUT2D eigenvalue weighted by atomic mass is 10.1. The zero-order chi connectivity index (χ0) is 13.8. The molecule has 0 aliphatic heterocycles. The summed E-state index contributed by atoms with van der Waals surface area (Å²) < 4.78 is 0.744. The van der Waals surface area contributed by atoms with Crippen molar-refractivity contribution in [3.05, 3.63) is 56.2 Å². The molecule has 1 heterocycles. The van der Waals surface area contributed by atoms with Gasteiger partial charge < -0.3 is 4.90 Å². The maximum absolute atomic E-state index is 12.1. The van der Waals surface area contributed by atoms with Crippen molar-refractivity contribution in [3.8, 4) is 0 Å². The van der Waals surface area contributed by atoms with Gasteiger partial charge in [0.05, 0.1) is 17.3 Å². The molecular weight excluding hydrogens is 301 g/mol. The van der Waals surface area contributed by atoms with Crippen LogP contribution in [0.3, 0.4) is 0 Å². The Labute approximate surface area is 126 Å². The summed E-state index contributed by atoms with van der Waals surface area (Å²) in [5.41, 5.74) is 0.963. The summed E-state index contributed by atoms with van der Waals surface area (Å²) in [5, 5.41) is 0.679. The van der Waals surface area contributed by atoms with Crippen molar-refractivity contribution in [2.24, 2.45) is 0 Å². The Morgan fingerprint density at radius 3 is 2.42 bits per heavy atom. The van der Waals surface area contributed by atoms with E-state index in [1.807, 2.05) is 24.3 Å². The second-order valence-electron chi connectivity index (χ2n) is 4.26. The number of likely N-dealkylation sites (N-methyl/N-ethyl adjacent to an activating group) is 1. The Morgan fingerprint density at radius 2 is 1.84 bits per heavy atom. The van der Waals surface area contributed by atoms with Crippen LogP contribution in [0.4, 0.5) is 0 Å². The fourth-order valence-corrected chi connectivity index (χ4v) is 2.94. The van der Waals surface area contributed by atoms with E-state index in [0.717, 1.165) is 14.8 Å². The Morgan fingerprint density at radius 1 is 1.16 bits per heavy atom. The van der Waals surface area contributed by atoms with Gasteiger partial charge in [0.25, 0.3) is 0 Å². The molecule has 0 fully saturated rings. The predicted molar refractivity (Wildman–Crippen MR) is 81.0 cm³/mol. The van der Waals surface area contributed by atoms with Gasteiger partial charge in [-0.15, -0.1) is 11.3 Å². The van der Waals surface area contributed by atoms with Gasteiger partial charge in [-0.25, -0.2) is 0 Å². The molecule has 0 saturated heterocycles. The van der Waals surface area contributed by atoms with E-state index in [2.05, 4.69) is 0 Å². The quantitative estimate of drug-likeness (QED) is 0.826. The Bertz CT molecular complexity index is 565. The first-order chi connectivity index (χ1) is 9.04. The van der Waals surface area contributed by atoms with Gasteiger partial charge in [0, 0.05) is 16.9 Å².